The normalized spacial score (nSPS) is 12.3. The van der Waals surface area contributed by atoms with Crippen LogP contribution >= 0.6 is 0 Å². The van der Waals surface area contributed by atoms with Crippen LogP contribution in [-0.2, 0) is 0 Å². The lowest BCUT2D eigenvalue weighted by molar-refractivity contribution is 1.01. The molecule has 0 unspecified atom stereocenters. The highest BCUT2D eigenvalue weighted by Gasteiger charge is 2.26. The quantitative estimate of drug-likeness (QED) is 0.167. The molecule has 3 aromatic heterocycles. The molecule has 0 aliphatic carbocycles. The molecule has 0 fully saturated rings. The van der Waals surface area contributed by atoms with E-state index in [0.29, 0.717) is 5.95 Å². The van der Waals surface area contributed by atoms with E-state index in [-0.39, 0.29) is 0 Å². The maximum atomic E-state index is 5.48. The van der Waals surface area contributed by atoms with E-state index in [1.54, 1.807) is 0 Å². The monoisotopic (exact) mass is 710 g/mol. The predicted molar refractivity (Wildman–Crippen MR) is 233 cm³/mol. The van der Waals surface area contributed by atoms with E-state index in [9.17, 15) is 0 Å². The highest BCUT2D eigenvalue weighted by atomic mass is 15.2. The second kappa shape index (κ2) is 11.0. The standard InChI is InChI=1S/C52H30N4/c1-2-13-34-31(12-1)24-25-32-28-33(26-27-35(32)34)50-42-18-5-8-21-45(42)53-52(54-50)56-47-23-10-7-17-39(47)43-29-48-44(30-49(43)56)41-20-11-19-40-37-15-4-3-14-36(37)38-16-6-9-22-46(38)55(48)51(40)41/h1-30H. The number of aromatic nitrogens is 4. The van der Waals surface area contributed by atoms with Crippen LogP contribution < -0.4 is 0 Å². The van der Waals surface area contributed by atoms with Gasteiger partial charge in [0.25, 0.3) is 0 Å². The lowest BCUT2D eigenvalue weighted by Crippen LogP contribution is -2.03. The summed E-state index contributed by atoms with van der Waals surface area (Å²) in [6.45, 7) is 0. The summed E-state index contributed by atoms with van der Waals surface area (Å²) in [6.07, 6.45) is 0. The van der Waals surface area contributed by atoms with Crippen LogP contribution in [0.1, 0.15) is 0 Å². The summed E-state index contributed by atoms with van der Waals surface area (Å²) in [5, 5.41) is 10.7. The second-order valence-electron chi connectivity index (χ2n) is 15.0. The number of hydrogen-bond acceptors (Lipinski definition) is 2. The van der Waals surface area contributed by atoms with E-state index < -0.39 is 0 Å². The van der Waals surface area contributed by atoms with Gasteiger partial charge in [0.2, 0.25) is 5.95 Å². The summed E-state index contributed by atoms with van der Waals surface area (Å²) in [5.41, 5.74) is 13.7. The molecule has 1 aliphatic rings. The predicted octanol–water partition coefficient (Wildman–Crippen LogP) is 13.4. The summed E-state index contributed by atoms with van der Waals surface area (Å²) < 4.78 is 4.77. The Morgan fingerprint density at radius 3 is 1.86 bits per heavy atom. The smallest absolute Gasteiger partial charge is 0.235 e. The van der Waals surface area contributed by atoms with Crippen molar-refractivity contribution in [1.82, 2.24) is 19.1 Å². The van der Waals surface area contributed by atoms with Crippen molar-refractivity contribution in [3.8, 4) is 45.1 Å². The third-order valence-electron chi connectivity index (χ3n) is 12.0. The lowest BCUT2D eigenvalue weighted by Gasteiger charge is -2.13. The number of fused-ring (bicyclic) bond motifs is 15. The summed E-state index contributed by atoms with van der Waals surface area (Å²) in [7, 11) is 0. The van der Waals surface area contributed by atoms with Gasteiger partial charge in [0, 0.05) is 43.6 Å². The van der Waals surface area contributed by atoms with Crippen molar-refractivity contribution in [2.24, 2.45) is 0 Å². The first kappa shape index (κ1) is 29.8. The van der Waals surface area contributed by atoms with E-state index >= 15 is 0 Å². The van der Waals surface area contributed by atoms with Crippen LogP contribution in [0, 0.1) is 0 Å². The Kier molecular flexibility index (Phi) is 5.86. The van der Waals surface area contributed by atoms with Gasteiger partial charge in [-0.2, -0.15) is 0 Å². The van der Waals surface area contributed by atoms with Gasteiger partial charge in [-0.1, -0.05) is 146 Å². The minimum atomic E-state index is 0.660. The third kappa shape index (κ3) is 3.97. The lowest BCUT2D eigenvalue weighted by atomic mass is 9.94. The zero-order chi connectivity index (χ0) is 36.5. The molecule has 0 amide bonds. The summed E-state index contributed by atoms with van der Waals surface area (Å²) >= 11 is 0. The second-order valence-corrected chi connectivity index (χ2v) is 15.0. The summed E-state index contributed by atoms with van der Waals surface area (Å²) in [6, 6.07) is 66.0. The Bertz CT molecular complexity index is 3660. The molecule has 0 spiro atoms. The maximum absolute atomic E-state index is 5.48. The molecule has 4 heterocycles. The molecule has 0 saturated carbocycles. The van der Waals surface area contributed by atoms with Gasteiger partial charge >= 0.3 is 0 Å². The average molecular weight is 711 g/mol. The molecule has 12 aromatic rings. The van der Waals surface area contributed by atoms with Crippen molar-refractivity contribution in [3.05, 3.63) is 182 Å². The average Bonchev–Trinajstić information content (AvgIpc) is 3.72. The summed E-state index contributed by atoms with van der Waals surface area (Å²) in [4.78, 5) is 10.8. The maximum Gasteiger partial charge on any atom is 0.235 e. The molecule has 4 nitrogen and oxygen atoms in total. The zero-order valence-corrected chi connectivity index (χ0v) is 30.1. The van der Waals surface area contributed by atoms with Crippen molar-refractivity contribution >= 4 is 76.1 Å². The van der Waals surface area contributed by atoms with Gasteiger partial charge < -0.3 is 4.57 Å². The van der Waals surface area contributed by atoms with Gasteiger partial charge in [0.1, 0.15) is 0 Å². The molecule has 0 atom stereocenters. The molecule has 0 saturated heterocycles. The Balaban J connectivity index is 1.12. The van der Waals surface area contributed by atoms with Crippen molar-refractivity contribution in [2.45, 2.75) is 0 Å². The SMILES string of the molecule is c1ccc2c(c1)-c1ccccc1-n1c3cc4c5ccccc5n(-c5nc(-c6ccc7c(ccc8ccccc87)c6)c6ccccc6n5)c4cc3c3cccc-2c31. The third-order valence-corrected chi connectivity index (χ3v) is 12.0. The van der Waals surface area contributed by atoms with E-state index in [1.165, 1.54) is 82.1 Å². The van der Waals surface area contributed by atoms with E-state index in [0.717, 1.165) is 33.2 Å². The van der Waals surface area contributed by atoms with E-state index in [1.807, 2.05) is 0 Å². The zero-order valence-electron chi connectivity index (χ0n) is 30.1. The van der Waals surface area contributed by atoms with Gasteiger partial charge in [-0.05, 0) is 69.1 Å². The molecular formula is C52H30N4. The molecule has 0 N–H and O–H groups in total. The van der Waals surface area contributed by atoms with Crippen molar-refractivity contribution in [2.75, 3.05) is 0 Å². The van der Waals surface area contributed by atoms with Crippen LogP contribution in [0.3, 0.4) is 0 Å². The number of benzene rings is 9. The molecule has 56 heavy (non-hydrogen) atoms. The van der Waals surface area contributed by atoms with Gasteiger partial charge in [0.15, 0.2) is 0 Å². The van der Waals surface area contributed by atoms with Crippen LogP contribution in [0.2, 0.25) is 0 Å². The first-order valence-corrected chi connectivity index (χ1v) is 19.2. The van der Waals surface area contributed by atoms with Crippen molar-refractivity contribution < 1.29 is 0 Å². The van der Waals surface area contributed by atoms with E-state index in [2.05, 4.69) is 191 Å². The first-order chi connectivity index (χ1) is 27.8. The van der Waals surface area contributed by atoms with Crippen LogP contribution in [0.5, 0.6) is 0 Å². The fourth-order valence-electron chi connectivity index (χ4n) is 9.60. The van der Waals surface area contributed by atoms with Crippen LogP contribution in [-0.4, -0.2) is 19.1 Å². The number of nitrogens with zero attached hydrogens (tertiary/aromatic N) is 4. The fraction of sp³-hybridized carbons (Fsp3) is 0. The largest absolute Gasteiger partial charge is 0.308 e. The highest BCUT2D eigenvalue weighted by molar-refractivity contribution is 6.22. The number of rotatable bonds is 2. The number of para-hydroxylation sites is 4. The van der Waals surface area contributed by atoms with Crippen LogP contribution in [0.25, 0.3) is 121 Å². The Hall–Kier alpha value is -7.56. The molecule has 9 aromatic carbocycles. The molecule has 0 radical (unpaired) electrons. The molecule has 258 valence electrons. The molecule has 13 rings (SSSR count). The van der Waals surface area contributed by atoms with E-state index in [4.69, 9.17) is 9.97 Å². The fourth-order valence-corrected chi connectivity index (χ4v) is 9.60. The summed E-state index contributed by atoms with van der Waals surface area (Å²) in [5.74, 6) is 0.660. The molecule has 1 aliphatic heterocycles. The Morgan fingerprint density at radius 2 is 0.964 bits per heavy atom. The van der Waals surface area contributed by atoms with Gasteiger partial charge in [-0.25, -0.2) is 9.97 Å². The van der Waals surface area contributed by atoms with Crippen LogP contribution in [0.15, 0.2) is 182 Å². The first-order valence-electron chi connectivity index (χ1n) is 19.2. The minimum Gasteiger partial charge on any atom is -0.308 e. The topological polar surface area (TPSA) is 35.6 Å². The van der Waals surface area contributed by atoms with Gasteiger partial charge in [-0.3, -0.25) is 4.57 Å². The number of hydrogen-bond donors (Lipinski definition) is 0. The Morgan fingerprint density at radius 1 is 0.339 bits per heavy atom. The van der Waals surface area contributed by atoms with Gasteiger partial charge in [0.05, 0.1) is 39.0 Å². The van der Waals surface area contributed by atoms with Crippen LogP contribution in [0.4, 0.5) is 0 Å². The molecular weight excluding hydrogens is 681 g/mol. The Labute approximate surface area is 321 Å². The highest BCUT2D eigenvalue weighted by Crippen LogP contribution is 2.48. The van der Waals surface area contributed by atoms with Crippen molar-refractivity contribution in [3.63, 3.8) is 0 Å². The molecule has 4 heteroatoms. The molecule has 0 bridgehead atoms. The van der Waals surface area contributed by atoms with Crippen molar-refractivity contribution in [1.29, 1.82) is 0 Å². The van der Waals surface area contributed by atoms with Gasteiger partial charge in [-0.15, -0.1) is 0 Å². The minimum absolute atomic E-state index is 0.660.